The molecule has 2 heteroatoms. The molecular weight excluding hydrogens is 126 g/mol. The molecule has 0 amide bonds. The van der Waals surface area contributed by atoms with Gasteiger partial charge in [0.2, 0.25) is 6.08 Å². The third kappa shape index (κ3) is 1.45. The van der Waals surface area contributed by atoms with E-state index in [2.05, 4.69) is 4.99 Å². The number of nitrogens with zero attached hydrogens (tertiary/aromatic N) is 1. The monoisotopic (exact) mass is 139 g/mol. The highest BCUT2D eigenvalue weighted by Gasteiger charge is 2.37. The predicted molar refractivity (Wildman–Crippen MR) is 39.5 cm³/mol. The molecule has 0 aromatic heterocycles. The van der Waals surface area contributed by atoms with Gasteiger partial charge in [0.15, 0.2) is 0 Å². The molecule has 0 radical (unpaired) electrons. The van der Waals surface area contributed by atoms with Gasteiger partial charge in [-0.2, -0.15) is 0 Å². The fraction of sp³-hybridized carbons (Fsp3) is 0.875. The van der Waals surface area contributed by atoms with Gasteiger partial charge >= 0.3 is 0 Å². The van der Waals surface area contributed by atoms with Crippen molar-refractivity contribution in [1.29, 1.82) is 0 Å². The summed E-state index contributed by atoms with van der Waals surface area (Å²) in [6.07, 6.45) is 7.55. The number of isocyanates is 1. The van der Waals surface area contributed by atoms with E-state index < -0.39 is 0 Å². The van der Waals surface area contributed by atoms with Crippen LogP contribution in [0.3, 0.4) is 0 Å². The minimum absolute atomic E-state index is 1.21. The Bertz CT molecular complexity index is 131. The molecule has 0 spiro atoms. The molecule has 10 heavy (non-hydrogen) atoms. The zero-order chi connectivity index (χ0) is 7.40. The number of aliphatic imine (C=N–C) groups is 1. The summed E-state index contributed by atoms with van der Waals surface area (Å²) < 4.78 is 0. The molecule has 0 aliphatic heterocycles. The van der Waals surface area contributed by atoms with Gasteiger partial charge in [-0.15, -0.1) is 0 Å². The summed E-state index contributed by atoms with van der Waals surface area (Å²) in [5.74, 6) is 2.43. The normalized spacial score (nSPS) is 32.9. The molecule has 0 N–H and O–H groups in total. The zero-order valence-electron chi connectivity index (χ0n) is 6.34. The van der Waals surface area contributed by atoms with E-state index >= 15 is 0 Å². The fourth-order valence-electron chi connectivity index (χ4n) is 1.56. The molecule has 0 atom stereocenters. The van der Waals surface area contributed by atoms with Crippen LogP contribution >= 0.6 is 0 Å². The van der Waals surface area contributed by atoms with Crippen molar-refractivity contribution in [3.63, 3.8) is 0 Å². The van der Waals surface area contributed by atoms with Gasteiger partial charge in [0, 0.05) is 7.05 Å². The van der Waals surface area contributed by atoms with Crippen LogP contribution in [0.5, 0.6) is 0 Å². The average molecular weight is 139 g/mol. The predicted octanol–water partition coefficient (Wildman–Crippen LogP) is 1.76. The smallest absolute Gasteiger partial charge is 0.211 e. The number of hydrogen-bond acceptors (Lipinski definition) is 2. The quantitative estimate of drug-likeness (QED) is 0.371. The van der Waals surface area contributed by atoms with E-state index in [9.17, 15) is 0 Å². The lowest BCUT2D eigenvalue weighted by Gasteiger charge is -2.46. The van der Waals surface area contributed by atoms with Gasteiger partial charge in [0.25, 0.3) is 0 Å². The molecule has 0 aromatic rings. The Balaban J connectivity index is 0.000000112. The summed E-state index contributed by atoms with van der Waals surface area (Å²) >= 11 is 0. The van der Waals surface area contributed by atoms with Crippen LogP contribution in [-0.2, 0) is 4.79 Å². The highest BCUT2D eigenvalue weighted by Crippen LogP contribution is 2.49. The summed E-state index contributed by atoms with van der Waals surface area (Å²) in [6.45, 7) is 0. The first kappa shape index (κ1) is 7.49. The van der Waals surface area contributed by atoms with Crippen molar-refractivity contribution in [3.05, 3.63) is 0 Å². The molecule has 56 valence electrons. The summed E-state index contributed by atoms with van der Waals surface area (Å²) in [5, 5.41) is 0. The standard InChI is InChI=1S/C6H10.C2H3NO/c1-2-6-4-3-5(1)6;1-3-2-4/h5-6H,1-4H2;1H3. The van der Waals surface area contributed by atoms with Crippen molar-refractivity contribution in [2.45, 2.75) is 25.7 Å². The Kier molecular flexibility index (Phi) is 2.64. The molecule has 2 aliphatic carbocycles. The second kappa shape index (κ2) is 3.52. The third-order valence-electron chi connectivity index (χ3n) is 2.57. The molecular formula is C8H13NO. The molecule has 2 nitrogen and oxygen atoms in total. The van der Waals surface area contributed by atoms with E-state index in [4.69, 9.17) is 4.79 Å². The van der Waals surface area contributed by atoms with Gasteiger partial charge < -0.3 is 0 Å². The van der Waals surface area contributed by atoms with Crippen molar-refractivity contribution in [2.75, 3.05) is 7.05 Å². The van der Waals surface area contributed by atoms with E-state index in [1.54, 1.807) is 25.7 Å². The first-order valence-electron chi connectivity index (χ1n) is 3.84. The summed E-state index contributed by atoms with van der Waals surface area (Å²) in [6, 6.07) is 0. The van der Waals surface area contributed by atoms with Crippen molar-refractivity contribution >= 4 is 6.08 Å². The topological polar surface area (TPSA) is 29.4 Å². The largest absolute Gasteiger partial charge is 0.234 e. The van der Waals surface area contributed by atoms with Gasteiger partial charge in [-0.05, 0) is 37.5 Å². The van der Waals surface area contributed by atoms with Crippen molar-refractivity contribution < 1.29 is 4.79 Å². The third-order valence-corrected chi connectivity index (χ3v) is 2.57. The molecule has 0 aromatic carbocycles. The summed E-state index contributed by atoms with van der Waals surface area (Å²) in [5.41, 5.74) is 0. The fourth-order valence-corrected chi connectivity index (χ4v) is 1.56. The molecule has 2 rings (SSSR count). The molecule has 2 saturated carbocycles. The SMILES string of the molecule is C1CC2CCC12.CN=C=O. The maximum atomic E-state index is 8.88. The van der Waals surface area contributed by atoms with Crippen LogP contribution in [0.15, 0.2) is 4.99 Å². The lowest BCUT2D eigenvalue weighted by Crippen LogP contribution is -2.34. The van der Waals surface area contributed by atoms with Gasteiger partial charge in [-0.25, -0.2) is 9.79 Å². The summed E-state index contributed by atoms with van der Waals surface area (Å²) in [7, 11) is 1.38. The molecule has 0 saturated heterocycles. The Morgan fingerprint density at radius 1 is 1.20 bits per heavy atom. The first-order chi connectivity index (χ1) is 4.88. The van der Waals surface area contributed by atoms with Crippen LogP contribution in [0.25, 0.3) is 0 Å². The van der Waals surface area contributed by atoms with E-state index in [1.165, 1.54) is 25.0 Å². The van der Waals surface area contributed by atoms with Crippen LogP contribution in [0.2, 0.25) is 0 Å². The molecule has 2 aliphatic rings. The minimum atomic E-state index is 1.21. The molecule has 0 bridgehead atoms. The Hall–Kier alpha value is -0.620. The van der Waals surface area contributed by atoms with Crippen LogP contribution in [0.1, 0.15) is 25.7 Å². The lowest BCUT2D eigenvalue weighted by molar-refractivity contribution is 0.0548. The second-order valence-corrected chi connectivity index (χ2v) is 2.99. The highest BCUT2D eigenvalue weighted by molar-refractivity contribution is 5.32. The molecule has 2 fully saturated rings. The minimum Gasteiger partial charge on any atom is -0.211 e. The van der Waals surface area contributed by atoms with E-state index in [0.717, 1.165) is 0 Å². The van der Waals surface area contributed by atoms with Crippen molar-refractivity contribution in [2.24, 2.45) is 16.8 Å². The van der Waals surface area contributed by atoms with Crippen LogP contribution < -0.4 is 0 Å². The molecule has 0 unspecified atom stereocenters. The Morgan fingerprint density at radius 2 is 1.50 bits per heavy atom. The van der Waals surface area contributed by atoms with Gasteiger partial charge in [0.05, 0.1) is 0 Å². The Labute approximate surface area is 61.3 Å². The van der Waals surface area contributed by atoms with Crippen molar-refractivity contribution in [1.82, 2.24) is 0 Å². The van der Waals surface area contributed by atoms with E-state index in [0.29, 0.717) is 0 Å². The maximum absolute atomic E-state index is 8.88. The van der Waals surface area contributed by atoms with E-state index in [-0.39, 0.29) is 0 Å². The number of rotatable bonds is 0. The highest BCUT2D eigenvalue weighted by atomic mass is 16.1. The maximum Gasteiger partial charge on any atom is 0.234 e. The molecule has 0 heterocycles. The summed E-state index contributed by atoms with van der Waals surface area (Å²) in [4.78, 5) is 11.8. The Morgan fingerprint density at radius 3 is 1.50 bits per heavy atom. The lowest BCUT2D eigenvalue weighted by atomic mass is 9.60. The van der Waals surface area contributed by atoms with Crippen LogP contribution in [0, 0.1) is 11.8 Å². The van der Waals surface area contributed by atoms with Gasteiger partial charge in [0.1, 0.15) is 0 Å². The van der Waals surface area contributed by atoms with E-state index in [1.807, 2.05) is 0 Å². The number of hydrogen-bond donors (Lipinski definition) is 0. The average Bonchev–Trinajstić information content (AvgIpc) is 1.97. The van der Waals surface area contributed by atoms with Crippen molar-refractivity contribution in [3.8, 4) is 0 Å². The second-order valence-electron chi connectivity index (χ2n) is 2.99. The van der Waals surface area contributed by atoms with Crippen LogP contribution in [0.4, 0.5) is 0 Å². The van der Waals surface area contributed by atoms with Gasteiger partial charge in [-0.3, -0.25) is 0 Å². The zero-order valence-corrected chi connectivity index (χ0v) is 6.34. The first-order valence-corrected chi connectivity index (χ1v) is 3.84. The number of fused-ring (bicyclic) bond motifs is 1. The number of carbonyl (C=O) groups excluding carboxylic acids is 1. The van der Waals surface area contributed by atoms with Gasteiger partial charge in [-0.1, -0.05) is 0 Å². The van der Waals surface area contributed by atoms with Crippen LogP contribution in [-0.4, -0.2) is 13.1 Å².